The van der Waals surface area contributed by atoms with Gasteiger partial charge in [-0.2, -0.15) is 0 Å². The Morgan fingerprint density at radius 3 is 2.64 bits per heavy atom. The number of likely N-dealkylation sites (N-methyl/N-ethyl adjacent to an activating group) is 1. The maximum Gasteiger partial charge on any atom is 0.175 e. The first-order chi connectivity index (χ1) is 10.5. The van der Waals surface area contributed by atoms with Crippen LogP contribution in [-0.4, -0.2) is 52.5 Å². The van der Waals surface area contributed by atoms with Gasteiger partial charge in [0.25, 0.3) is 0 Å². The van der Waals surface area contributed by atoms with Gasteiger partial charge in [0.05, 0.1) is 11.7 Å². The van der Waals surface area contributed by atoms with Gasteiger partial charge in [0.1, 0.15) is 5.97 Å². The van der Waals surface area contributed by atoms with Crippen LogP contribution in [0.25, 0.3) is 0 Å². The highest BCUT2D eigenvalue weighted by molar-refractivity contribution is 5.88. The third-order valence-electron chi connectivity index (χ3n) is 3.98. The fraction of sp³-hybridized carbons (Fsp3) is 0.571. The highest BCUT2D eigenvalue weighted by Crippen LogP contribution is 2.22. The smallest absolute Gasteiger partial charge is 0.175 e. The summed E-state index contributed by atoms with van der Waals surface area (Å²) in [4.78, 5) is 31.5. The van der Waals surface area contributed by atoms with Crippen LogP contribution in [0.15, 0.2) is 6.20 Å². The van der Waals surface area contributed by atoms with E-state index in [1.807, 2.05) is 6.92 Å². The number of nitrogens with zero attached hydrogens (tertiary/aromatic N) is 3. The van der Waals surface area contributed by atoms with E-state index in [0.717, 1.165) is 13.0 Å². The van der Waals surface area contributed by atoms with Crippen LogP contribution in [0.4, 0.5) is 0 Å². The molecule has 2 atom stereocenters. The topological polar surface area (TPSA) is 121 Å². The number of aromatic carboxylic acids is 2. The summed E-state index contributed by atoms with van der Waals surface area (Å²) in [5.74, 6) is -3.80. The normalized spacial score (nSPS) is 22.5. The van der Waals surface area contributed by atoms with Crippen molar-refractivity contribution in [1.82, 2.24) is 20.2 Å². The standard InChI is InChI=1S/C14H20N4O4/c1-3-8-5-15-10(7-18(8)4-2)9-6-16-12(14(21)22)17-11(9)13(19)20/h6,8,10,15H,3-5,7H2,1-2H3,(H,19,20)(H,21,22)/p-2. The monoisotopic (exact) mass is 306 g/mol. The minimum Gasteiger partial charge on any atom is -0.543 e. The molecule has 1 N–H and O–H groups in total. The quantitative estimate of drug-likeness (QED) is 0.659. The van der Waals surface area contributed by atoms with Gasteiger partial charge in [-0.25, -0.2) is 9.97 Å². The van der Waals surface area contributed by atoms with Crippen LogP contribution < -0.4 is 15.5 Å². The van der Waals surface area contributed by atoms with Gasteiger partial charge in [-0.1, -0.05) is 13.8 Å². The molecule has 22 heavy (non-hydrogen) atoms. The van der Waals surface area contributed by atoms with Gasteiger partial charge in [0.15, 0.2) is 5.82 Å². The molecule has 1 aromatic heterocycles. The Kier molecular flexibility index (Phi) is 5.04. The minimum atomic E-state index is -1.62. The molecule has 0 spiro atoms. The molecule has 1 aliphatic rings. The van der Waals surface area contributed by atoms with Gasteiger partial charge in [-0.05, 0) is 13.0 Å². The van der Waals surface area contributed by atoms with Gasteiger partial charge in [0, 0.05) is 36.9 Å². The molecule has 0 bridgehead atoms. The summed E-state index contributed by atoms with van der Waals surface area (Å²) in [5.41, 5.74) is -0.0734. The van der Waals surface area contributed by atoms with Crippen LogP contribution in [0, 0.1) is 0 Å². The molecule has 1 saturated heterocycles. The first kappa shape index (κ1) is 16.3. The van der Waals surface area contributed by atoms with Crippen molar-refractivity contribution in [3.63, 3.8) is 0 Å². The Balaban J connectivity index is 2.32. The van der Waals surface area contributed by atoms with E-state index in [-0.39, 0.29) is 6.04 Å². The van der Waals surface area contributed by atoms with Crippen molar-refractivity contribution in [3.05, 3.63) is 23.3 Å². The van der Waals surface area contributed by atoms with E-state index in [1.165, 1.54) is 6.20 Å². The second-order valence-corrected chi connectivity index (χ2v) is 5.18. The molecule has 120 valence electrons. The average molecular weight is 306 g/mol. The summed E-state index contributed by atoms with van der Waals surface area (Å²) >= 11 is 0. The largest absolute Gasteiger partial charge is 0.543 e. The molecule has 1 fully saturated rings. The van der Waals surface area contributed by atoms with Crippen molar-refractivity contribution in [2.24, 2.45) is 0 Å². The summed E-state index contributed by atoms with van der Waals surface area (Å²) in [6.07, 6.45) is 2.21. The molecular weight excluding hydrogens is 288 g/mol. The lowest BCUT2D eigenvalue weighted by atomic mass is 10.0. The van der Waals surface area contributed by atoms with Crippen LogP contribution in [0.1, 0.15) is 53.0 Å². The Morgan fingerprint density at radius 1 is 1.36 bits per heavy atom. The minimum absolute atomic E-state index is 0.286. The predicted octanol–water partition coefficient (Wildman–Crippen LogP) is -2.05. The molecule has 2 unspecified atom stereocenters. The zero-order chi connectivity index (χ0) is 16.3. The number of rotatable bonds is 5. The number of piperazine rings is 1. The molecule has 8 heteroatoms. The molecule has 0 aromatic carbocycles. The molecule has 1 aromatic rings. The van der Waals surface area contributed by atoms with Crippen LogP contribution >= 0.6 is 0 Å². The van der Waals surface area contributed by atoms with Crippen LogP contribution in [-0.2, 0) is 0 Å². The lowest BCUT2D eigenvalue weighted by molar-refractivity contribution is -0.256. The zero-order valence-electron chi connectivity index (χ0n) is 12.5. The van der Waals surface area contributed by atoms with Crippen molar-refractivity contribution in [1.29, 1.82) is 0 Å². The molecule has 0 amide bonds. The number of aromatic nitrogens is 2. The number of hydrogen-bond acceptors (Lipinski definition) is 8. The van der Waals surface area contributed by atoms with Gasteiger partial charge in [-0.3, -0.25) is 4.90 Å². The summed E-state index contributed by atoms with van der Waals surface area (Å²) in [6.45, 7) is 6.29. The predicted molar refractivity (Wildman–Crippen MR) is 72.8 cm³/mol. The third-order valence-corrected chi connectivity index (χ3v) is 3.98. The molecule has 1 aliphatic heterocycles. The third kappa shape index (κ3) is 3.23. The van der Waals surface area contributed by atoms with Crippen LogP contribution in [0.5, 0.6) is 0 Å². The summed E-state index contributed by atoms with van der Waals surface area (Å²) in [6, 6.07) is 0.0996. The SMILES string of the molecule is CCC1CNC(c2cnc(C(=O)[O-])nc2C(=O)[O-])CN1CC. The number of carboxylic acids is 2. The Morgan fingerprint density at radius 2 is 2.09 bits per heavy atom. The van der Waals surface area contributed by atoms with E-state index in [1.54, 1.807) is 0 Å². The van der Waals surface area contributed by atoms with E-state index in [2.05, 4.69) is 27.1 Å². The van der Waals surface area contributed by atoms with Crippen LogP contribution in [0.2, 0.25) is 0 Å². The van der Waals surface area contributed by atoms with Crippen molar-refractivity contribution in [2.45, 2.75) is 32.4 Å². The Hall–Kier alpha value is -2.06. The highest BCUT2D eigenvalue weighted by Gasteiger charge is 2.28. The van der Waals surface area contributed by atoms with E-state index in [0.29, 0.717) is 24.7 Å². The highest BCUT2D eigenvalue weighted by atomic mass is 16.4. The second kappa shape index (κ2) is 6.80. The molecule has 2 rings (SSSR count). The second-order valence-electron chi connectivity index (χ2n) is 5.18. The number of carboxylic acid groups (broad SMARTS) is 2. The van der Waals surface area contributed by atoms with E-state index in [9.17, 15) is 19.8 Å². The lowest BCUT2D eigenvalue weighted by Gasteiger charge is -2.40. The summed E-state index contributed by atoms with van der Waals surface area (Å²) < 4.78 is 0. The van der Waals surface area contributed by atoms with Crippen molar-refractivity contribution >= 4 is 11.9 Å². The maximum absolute atomic E-state index is 11.3. The zero-order valence-corrected chi connectivity index (χ0v) is 12.5. The number of nitrogens with one attached hydrogen (secondary N) is 1. The Labute approximate surface area is 128 Å². The fourth-order valence-electron chi connectivity index (χ4n) is 2.76. The summed E-state index contributed by atoms with van der Waals surface area (Å²) in [7, 11) is 0. The van der Waals surface area contributed by atoms with Crippen molar-refractivity contribution < 1.29 is 19.8 Å². The van der Waals surface area contributed by atoms with E-state index < -0.39 is 23.5 Å². The van der Waals surface area contributed by atoms with Crippen LogP contribution in [0.3, 0.4) is 0 Å². The number of carbonyl (C=O) groups is 2. The van der Waals surface area contributed by atoms with Gasteiger partial charge >= 0.3 is 0 Å². The van der Waals surface area contributed by atoms with Gasteiger partial charge in [0.2, 0.25) is 0 Å². The molecular formula is C14H18N4O4-2. The lowest BCUT2D eigenvalue weighted by Crippen LogP contribution is -2.52. The molecule has 0 aliphatic carbocycles. The molecule has 0 radical (unpaired) electrons. The van der Waals surface area contributed by atoms with Gasteiger partial charge in [-0.15, -0.1) is 0 Å². The molecule has 0 saturated carbocycles. The fourth-order valence-corrected chi connectivity index (χ4v) is 2.76. The number of hydrogen-bond donors (Lipinski definition) is 1. The molecule has 8 nitrogen and oxygen atoms in total. The first-order valence-corrected chi connectivity index (χ1v) is 7.24. The van der Waals surface area contributed by atoms with E-state index in [4.69, 9.17) is 0 Å². The summed E-state index contributed by atoms with van der Waals surface area (Å²) in [5, 5.41) is 25.3. The maximum atomic E-state index is 11.3. The van der Waals surface area contributed by atoms with Crippen molar-refractivity contribution in [3.8, 4) is 0 Å². The van der Waals surface area contributed by atoms with E-state index >= 15 is 0 Å². The van der Waals surface area contributed by atoms with Gasteiger partial charge < -0.3 is 25.1 Å². The Bertz CT molecular complexity index is 578. The molecule has 2 heterocycles. The average Bonchev–Trinajstić information content (AvgIpc) is 2.53. The number of carbonyl (C=O) groups excluding carboxylic acids is 2. The van der Waals surface area contributed by atoms with Crippen molar-refractivity contribution in [2.75, 3.05) is 19.6 Å². The first-order valence-electron chi connectivity index (χ1n) is 7.24.